The van der Waals surface area contributed by atoms with Crippen molar-refractivity contribution in [3.63, 3.8) is 0 Å². The fourth-order valence-corrected chi connectivity index (χ4v) is 1.80. The van der Waals surface area contributed by atoms with Crippen molar-refractivity contribution in [1.29, 1.82) is 10.5 Å². The van der Waals surface area contributed by atoms with E-state index in [2.05, 4.69) is 0 Å². The Morgan fingerprint density at radius 3 is 2.45 bits per heavy atom. The average Bonchev–Trinajstić information content (AvgIpc) is 3.01. The minimum atomic E-state index is -0.371. The highest BCUT2D eigenvalue weighted by atomic mass is 16.5. The number of carbonyl (C=O) groups excluding carboxylic acids is 1. The SMILES string of the molecule is CCOC(=O)c1ccc(-c2ccc(C=C(C#N)C#N)o2)cc1. The summed E-state index contributed by atoms with van der Waals surface area (Å²) < 4.78 is 10.5. The van der Waals surface area contributed by atoms with Crippen LogP contribution in [0.25, 0.3) is 17.4 Å². The quantitative estimate of drug-likeness (QED) is 0.635. The summed E-state index contributed by atoms with van der Waals surface area (Å²) in [4.78, 5) is 11.6. The molecule has 22 heavy (non-hydrogen) atoms. The zero-order valence-corrected chi connectivity index (χ0v) is 11.9. The van der Waals surface area contributed by atoms with Crippen molar-refractivity contribution in [2.24, 2.45) is 0 Å². The van der Waals surface area contributed by atoms with E-state index < -0.39 is 0 Å². The molecular weight excluding hydrogens is 280 g/mol. The van der Waals surface area contributed by atoms with E-state index in [1.165, 1.54) is 6.08 Å². The van der Waals surface area contributed by atoms with Crippen molar-refractivity contribution < 1.29 is 13.9 Å². The molecule has 5 nitrogen and oxygen atoms in total. The molecule has 0 amide bonds. The summed E-state index contributed by atoms with van der Waals surface area (Å²) in [6.07, 6.45) is 1.37. The molecule has 0 N–H and O–H groups in total. The number of hydrogen-bond acceptors (Lipinski definition) is 5. The Morgan fingerprint density at radius 2 is 1.86 bits per heavy atom. The molecule has 0 saturated carbocycles. The molecule has 0 unspecified atom stereocenters. The third-order valence-corrected chi connectivity index (χ3v) is 2.83. The van der Waals surface area contributed by atoms with Crippen molar-refractivity contribution in [1.82, 2.24) is 0 Å². The van der Waals surface area contributed by atoms with Crippen molar-refractivity contribution in [3.05, 3.63) is 53.3 Å². The lowest BCUT2D eigenvalue weighted by Gasteiger charge is -2.02. The molecule has 0 atom stereocenters. The van der Waals surface area contributed by atoms with Crippen LogP contribution in [-0.4, -0.2) is 12.6 Å². The van der Waals surface area contributed by atoms with Crippen LogP contribution in [0.3, 0.4) is 0 Å². The molecular formula is C17H12N2O3. The number of carbonyl (C=O) groups is 1. The molecule has 2 rings (SSSR count). The number of hydrogen-bond donors (Lipinski definition) is 0. The zero-order valence-electron chi connectivity index (χ0n) is 11.9. The summed E-state index contributed by atoms with van der Waals surface area (Å²) in [5.74, 6) is 0.629. The lowest BCUT2D eigenvalue weighted by Crippen LogP contribution is -2.03. The Morgan fingerprint density at radius 1 is 1.18 bits per heavy atom. The minimum absolute atomic E-state index is 0.0291. The molecule has 2 aromatic rings. The van der Waals surface area contributed by atoms with Gasteiger partial charge in [-0.25, -0.2) is 4.79 Å². The Bertz CT molecular complexity index is 771. The standard InChI is InChI=1S/C17H12N2O3/c1-2-21-17(20)14-5-3-13(4-6-14)16-8-7-15(22-16)9-12(10-18)11-19/h3-9H,2H2,1H3. The van der Waals surface area contributed by atoms with Gasteiger partial charge in [-0.05, 0) is 31.2 Å². The van der Waals surface area contributed by atoms with E-state index in [-0.39, 0.29) is 11.5 Å². The highest BCUT2D eigenvalue weighted by Gasteiger charge is 2.08. The zero-order chi connectivity index (χ0) is 15.9. The summed E-state index contributed by atoms with van der Waals surface area (Å²) >= 11 is 0. The molecule has 0 spiro atoms. The summed E-state index contributed by atoms with van der Waals surface area (Å²) in [5, 5.41) is 17.4. The number of ether oxygens (including phenoxy) is 1. The Balaban J connectivity index is 2.22. The van der Waals surface area contributed by atoms with Crippen LogP contribution in [0.5, 0.6) is 0 Å². The first-order valence-corrected chi connectivity index (χ1v) is 6.57. The second-order valence-corrected chi connectivity index (χ2v) is 4.28. The maximum atomic E-state index is 11.6. The van der Waals surface area contributed by atoms with Crippen molar-refractivity contribution >= 4 is 12.0 Å². The molecule has 0 saturated heterocycles. The van der Waals surface area contributed by atoms with E-state index in [4.69, 9.17) is 19.7 Å². The van der Waals surface area contributed by atoms with Gasteiger partial charge in [-0.15, -0.1) is 0 Å². The summed E-state index contributed by atoms with van der Waals surface area (Å²) in [6, 6.07) is 13.7. The predicted molar refractivity (Wildman–Crippen MR) is 79.3 cm³/mol. The van der Waals surface area contributed by atoms with Crippen LogP contribution in [0.4, 0.5) is 0 Å². The second kappa shape index (κ2) is 6.92. The van der Waals surface area contributed by atoms with Crippen molar-refractivity contribution in [3.8, 4) is 23.5 Å². The highest BCUT2D eigenvalue weighted by Crippen LogP contribution is 2.24. The summed E-state index contributed by atoms with van der Waals surface area (Å²) in [5.41, 5.74) is 1.22. The molecule has 108 valence electrons. The van der Waals surface area contributed by atoms with E-state index >= 15 is 0 Å². The lowest BCUT2D eigenvalue weighted by molar-refractivity contribution is 0.0526. The number of rotatable bonds is 4. The molecule has 0 bridgehead atoms. The second-order valence-electron chi connectivity index (χ2n) is 4.28. The van der Waals surface area contributed by atoms with Gasteiger partial charge in [0.1, 0.15) is 29.2 Å². The number of benzene rings is 1. The van der Waals surface area contributed by atoms with Gasteiger partial charge in [0.05, 0.1) is 12.2 Å². The Hall–Kier alpha value is -3.31. The van der Waals surface area contributed by atoms with Crippen LogP contribution in [0, 0.1) is 22.7 Å². The summed E-state index contributed by atoms with van der Waals surface area (Å²) in [7, 11) is 0. The molecule has 0 aliphatic rings. The molecule has 1 heterocycles. The van der Waals surface area contributed by atoms with Gasteiger partial charge >= 0.3 is 5.97 Å². The number of allylic oxidation sites excluding steroid dienone is 1. The van der Waals surface area contributed by atoms with Crippen LogP contribution in [0.2, 0.25) is 0 Å². The van der Waals surface area contributed by atoms with Crippen LogP contribution < -0.4 is 0 Å². The fraction of sp³-hybridized carbons (Fsp3) is 0.118. The van der Waals surface area contributed by atoms with Gasteiger partial charge in [-0.3, -0.25) is 0 Å². The average molecular weight is 292 g/mol. The molecule has 1 aromatic heterocycles. The molecule has 0 radical (unpaired) electrons. The first-order valence-electron chi connectivity index (χ1n) is 6.57. The van der Waals surface area contributed by atoms with Gasteiger partial charge in [0.2, 0.25) is 0 Å². The van der Waals surface area contributed by atoms with Crippen molar-refractivity contribution in [2.75, 3.05) is 6.61 Å². The maximum Gasteiger partial charge on any atom is 0.338 e. The summed E-state index contributed by atoms with van der Waals surface area (Å²) in [6.45, 7) is 2.08. The molecule has 5 heteroatoms. The van der Waals surface area contributed by atoms with Crippen LogP contribution >= 0.6 is 0 Å². The number of nitrogens with zero attached hydrogens (tertiary/aromatic N) is 2. The third kappa shape index (κ3) is 3.41. The number of esters is 1. The monoisotopic (exact) mass is 292 g/mol. The molecule has 0 fully saturated rings. The Kier molecular flexibility index (Phi) is 4.74. The van der Waals surface area contributed by atoms with E-state index in [1.807, 2.05) is 0 Å². The van der Waals surface area contributed by atoms with Crippen LogP contribution in [-0.2, 0) is 4.74 Å². The largest absolute Gasteiger partial charge is 0.462 e. The highest BCUT2D eigenvalue weighted by molar-refractivity contribution is 5.89. The topological polar surface area (TPSA) is 87.0 Å². The molecule has 1 aromatic carbocycles. The minimum Gasteiger partial charge on any atom is -0.462 e. The normalized spacial score (nSPS) is 9.41. The smallest absolute Gasteiger partial charge is 0.338 e. The maximum absolute atomic E-state index is 11.6. The van der Waals surface area contributed by atoms with Crippen molar-refractivity contribution in [2.45, 2.75) is 6.92 Å². The van der Waals surface area contributed by atoms with Gasteiger partial charge in [-0.1, -0.05) is 12.1 Å². The molecule has 0 aliphatic heterocycles. The van der Waals surface area contributed by atoms with Gasteiger partial charge in [0, 0.05) is 11.6 Å². The van der Waals surface area contributed by atoms with Crippen LogP contribution in [0.1, 0.15) is 23.0 Å². The number of furan rings is 1. The molecule has 0 aliphatic carbocycles. The number of nitriles is 2. The van der Waals surface area contributed by atoms with Gasteiger partial charge in [0.25, 0.3) is 0 Å². The van der Waals surface area contributed by atoms with E-state index in [0.29, 0.717) is 23.7 Å². The van der Waals surface area contributed by atoms with Gasteiger partial charge in [-0.2, -0.15) is 10.5 Å². The van der Waals surface area contributed by atoms with Gasteiger partial charge in [0.15, 0.2) is 0 Å². The van der Waals surface area contributed by atoms with Gasteiger partial charge < -0.3 is 9.15 Å². The van der Waals surface area contributed by atoms with E-state index in [9.17, 15) is 4.79 Å². The van der Waals surface area contributed by atoms with E-state index in [0.717, 1.165) is 5.56 Å². The third-order valence-electron chi connectivity index (χ3n) is 2.83. The fourth-order valence-electron chi connectivity index (χ4n) is 1.80. The Labute approximate surface area is 127 Å². The first-order chi connectivity index (χ1) is 10.7. The first kappa shape index (κ1) is 15.1. The predicted octanol–water partition coefficient (Wildman–Crippen LogP) is 3.55. The lowest BCUT2D eigenvalue weighted by atomic mass is 10.1. The van der Waals surface area contributed by atoms with E-state index in [1.54, 1.807) is 55.5 Å². The van der Waals surface area contributed by atoms with Crippen LogP contribution in [0.15, 0.2) is 46.4 Å².